The highest BCUT2D eigenvalue weighted by molar-refractivity contribution is 5.84. The van der Waals surface area contributed by atoms with Gasteiger partial charge >= 0.3 is 0 Å². The summed E-state index contributed by atoms with van der Waals surface area (Å²) in [7, 11) is 0. The van der Waals surface area contributed by atoms with Gasteiger partial charge in [0.2, 0.25) is 0 Å². The smallest absolute Gasteiger partial charge is 0.124 e. The van der Waals surface area contributed by atoms with Crippen LogP contribution in [0.3, 0.4) is 0 Å². The molecule has 0 aromatic heterocycles. The molecular weight excluding hydrogens is 198 g/mol. The molecule has 0 heterocycles. The van der Waals surface area contributed by atoms with Gasteiger partial charge in [-0.05, 0) is 31.6 Å². The molecule has 0 fully saturated rings. The zero-order valence-electron chi connectivity index (χ0n) is 9.72. The Labute approximate surface area is 96.7 Å². The van der Waals surface area contributed by atoms with E-state index in [2.05, 4.69) is 11.9 Å². The first kappa shape index (κ1) is 12.2. The maximum Gasteiger partial charge on any atom is 0.124 e. The number of benzene rings is 1. The lowest BCUT2D eigenvalue weighted by atomic mass is 10.2. The van der Waals surface area contributed by atoms with Gasteiger partial charge in [-0.3, -0.25) is 4.99 Å². The van der Waals surface area contributed by atoms with Gasteiger partial charge < -0.3 is 5.11 Å². The fourth-order valence-electron chi connectivity index (χ4n) is 1.28. The third kappa shape index (κ3) is 3.73. The average molecular weight is 215 g/mol. The lowest BCUT2D eigenvalue weighted by Gasteiger charge is -1.97. The van der Waals surface area contributed by atoms with Gasteiger partial charge in [0.15, 0.2) is 0 Å². The maximum atomic E-state index is 9.55. The van der Waals surface area contributed by atoms with Crippen molar-refractivity contribution in [1.82, 2.24) is 0 Å². The second kappa shape index (κ2) is 6.62. The number of hydrogen-bond acceptors (Lipinski definition) is 2. The molecule has 1 aromatic rings. The summed E-state index contributed by atoms with van der Waals surface area (Å²) in [4.78, 5) is 4.32. The highest BCUT2D eigenvalue weighted by Crippen LogP contribution is 2.13. The van der Waals surface area contributed by atoms with E-state index in [4.69, 9.17) is 0 Å². The van der Waals surface area contributed by atoms with Crippen LogP contribution in [0.4, 0.5) is 0 Å². The van der Waals surface area contributed by atoms with Gasteiger partial charge in [-0.15, -0.1) is 0 Å². The summed E-state index contributed by atoms with van der Waals surface area (Å²) < 4.78 is 0. The molecule has 1 N–H and O–H groups in total. The molecule has 0 saturated heterocycles. The summed E-state index contributed by atoms with van der Waals surface area (Å²) in [5.74, 6) is 0.252. The number of aromatic hydroxyl groups is 1. The monoisotopic (exact) mass is 215 g/mol. The molecule has 0 aliphatic rings. The Hall–Kier alpha value is -1.83. The molecule has 2 heteroatoms. The molecule has 0 spiro atoms. The molecule has 0 radical (unpaired) electrons. The van der Waals surface area contributed by atoms with Crippen molar-refractivity contribution in [3.05, 3.63) is 53.8 Å². The molecule has 0 saturated carbocycles. The normalized spacial score (nSPS) is 12.8. The van der Waals surface area contributed by atoms with Gasteiger partial charge in [0.25, 0.3) is 0 Å². The van der Waals surface area contributed by atoms with Gasteiger partial charge in [0.1, 0.15) is 5.75 Å². The second-order valence-corrected chi connectivity index (χ2v) is 3.35. The van der Waals surface area contributed by atoms with Crippen molar-refractivity contribution < 1.29 is 5.11 Å². The minimum absolute atomic E-state index is 0.252. The van der Waals surface area contributed by atoms with Crippen LogP contribution in [-0.2, 0) is 0 Å². The molecule has 0 atom stereocenters. The quantitative estimate of drug-likeness (QED) is 0.603. The van der Waals surface area contributed by atoms with Crippen molar-refractivity contribution >= 4 is 6.21 Å². The number of aliphatic imine (C=N–C) groups is 1. The van der Waals surface area contributed by atoms with Crippen LogP contribution in [0.25, 0.3) is 0 Å². The lowest BCUT2D eigenvalue weighted by Crippen LogP contribution is -1.82. The molecule has 2 nitrogen and oxygen atoms in total. The number of phenols is 1. The van der Waals surface area contributed by atoms with Crippen molar-refractivity contribution in [1.29, 1.82) is 0 Å². The largest absolute Gasteiger partial charge is 0.507 e. The molecule has 1 aromatic carbocycles. The number of hydrogen-bond donors (Lipinski definition) is 1. The van der Waals surface area contributed by atoms with E-state index >= 15 is 0 Å². The molecule has 0 bridgehead atoms. The second-order valence-electron chi connectivity index (χ2n) is 3.35. The van der Waals surface area contributed by atoms with Gasteiger partial charge in [0.05, 0.1) is 5.70 Å². The Bertz CT molecular complexity index is 416. The van der Waals surface area contributed by atoms with Crippen molar-refractivity contribution in [2.24, 2.45) is 4.99 Å². The number of phenolic OH excluding ortho intramolecular Hbond substituents is 1. The van der Waals surface area contributed by atoms with Crippen LogP contribution in [0.15, 0.2) is 53.2 Å². The molecular formula is C14H17NO. The standard InChI is InChI=1S/C14H17NO/c1-3-7-13(8-4-2)15-11-12-9-5-6-10-14(12)16/h3,5-11,16H,4H2,1-2H3/b7-3-,13-8+,15-11?. The summed E-state index contributed by atoms with van der Waals surface area (Å²) >= 11 is 0. The number of para-hydroxylation sites is 1. The van der Waals surface area contributed by atoms with Crippen LogP contribution in [0.5, 0.6) is 5.75 Å². The summed E-state index contributed by atoms with van der Waals surface area (Å²) in [6.45, 7) is 4.03. The average Bonchev–Trinajstić information content (AvgIpc) is 2.28. The topological polar surface area (TPSA) is 32.6 Å². The van der Waals surface area contributed by atoms with Crippen molar-refractivity contribution in [2.45, 2.75) is 20.3 Å². The SMILES string of the molecule is C/C=C\C(=C/CC)N=Cc1ccccc1O. The number of allylic oxidation sites excluding steroid dienone is 3. The Morgan fingerprint density at radius 2 is 2.12 bits per heavy atom. The predicted molar refractivity (Wildman–Crippen MR) is 68.9 cm³/mol. The first-order valence-electron chi connectivity index (χ1n) is 5.42. The van der Waals surface area contributed by atoms with E-state index < -0.39 is 0 Å². The molecule has 0 aliphatic carbocycles. The van der Waals surface area contributed by atoms with Crippen LogP contribution in [0, 0.1) is 0 Å². The van der Waals surface area contributed by atoms with Crippen LogP contribution in [-0.4, -0.2) is 11.3 Å². The van der Waals surface area contributed by atoms with Gasteiger partial charge in [-0.1, -0.05) is 31.2 Å². The summed E-state index contributed by atoms with van der Waals surface area (Å²) in [6, 6.07) is 7.15. The lowest BCUT2D eigenvalue weighted by molar-refractivity contribution is 0.474. The van der Waals surface area contributed by atoms with Crippen LogP contribution >= 0.6 is 0 Å². The third-order valence-electron chi connectivity index (χ3n) is 2.04. The number of nitrogens with zero attached hydrogens (tertiary/aromatic N) is 1. The molecule has 0 unspecified atom stereocenters. The molecule has 0 aliphatic heterocycles. The Balaban J connectivity index is 2.87. The zero-order chi connectivity index (χ0) is 11.8. The van der Waals surface area contributed by atoms with E-state index in [0.29, 0.717) is 0 Å². The minimum Gasteiger partial charge on any atom is -0.507 e. The molecule has 0 amide bonds. The highest BCUT2D eigenvalue weighted by Gasteiger charge is 1.94. The van der Waals surface area contributed by atoms with Crippen LogP contribution in [0.2, 0.25) is 0 Å². The summed E-state index contributed by atoms with van der Waals surface area (Å²) in [6.07, 6.45) is 8.55. The van der Waals surface area contributed by atoms with E-state index in [1.54, 1.807) is 18.3 Å². The first-order valence-corrected chi connectivity index (χ1v) is 5.42. The first-order chi connectivity index (χ1) is 7.77. The molecule has 84 valence electrons. The third-order valence-corrected chi connectivity index (χ3v) is 2.04. The van der Waals surface area contributed by atoms with E-state index in [1.165, 1.54) is 0 Å². The Morgan fingerprint density at radius 3 is 2.75 bits per heavy atom. The van der Waals surface area contributed by atoms with Crippen molar-refractivity contribution in [3.63, 3.8) is 0 Å². The Kier molecular flexibility index (Phi) is 5.06. The summed E-state index contributed by atoms with van der Waals surface area (Å²) in [5, 5.41) is 9.55. The van der Waals surface area contributed by atoms with Gasteiger partial charge in [-0.25, -0.2) is 0 Å². The maximum absolute atomic E-state index is 9.55. The minimum atomic E-state index is 0.252. The fourth-order valence-corrected chi connectivity index (χ4v) is 1.28. The highest BCUT2D eigenvalue weighted by atomic mass is 16.3. The van der Waals surface area contributed by atoms with E-state index in [1.807, 2.05) is 37.3 Å². The molecule has 16 heavy (non-hydrogen) atoms. The van der Waals surface area contributed by atoms with E-state index in [9.17, 15) is 5.11 Å². The predicted octanol–water partition coefficient (Wildman–Crippen LogP) is 3.68. The van der Waals surface area contributed by atoms with Gasteiger partial charge in [-0.2, -0.15) is 0 Å². The fraction of sp³-hybridized carbons (Fsp3) is 0.214. The van der Waals surface area contributed by atoms with E-state index in [-0.39, 0.29) is 5.75 Å². The van der Waals surface area contributed by atoms with Crippen molar-refractivity contribution in [3.8, 4) is 5.75 Å². The molecule has 1 rings (SSSR count). The van der Waals surface area contributed by atoms with Crippen LogP contribution < -0.4 is 0 Å². The van der Waals surface area contributed by atoms with Crippen molar-refractivity contribution in [2.75, 3.05) is 0 Å². The van der Waals surface area contributed by atoms with Crippen LogP contribution in [0.1, 0.15) is 25.8 Å². The Morgan fingerprint density at radius 1 is 1.38 bits per heavy atom. The van der Waals surface area contributed by atoms with E-state index in [0.717, 1.165) is 17.7 Å². The zero-order valence-corrected chi connectivity index (χ0v) is 9.72. The summed E-state index contributed by atoms with van der Waals surface area (Å²) in [5.41, 5.74) is 1.64. The van der Waals surface area contributed by atoms with Gasteiger partial charge in [0, 0.05) is 11.8 Å². The number of rotatable bonds is 4.